The molecule has 0 saturated carbocycles. The van der Waals surface area contributed by atoms with Crippen molar-refractivity contribution in [3.63, 3.8) is 0 Å². The van der Waals surface area contributed by atoms with Crippen LogP contribution in [-0.4, -0.2) is 28.3 Å². The van der Waals surface area contributed by atoms with Gasteiger partial charge in [-0.05, 0) is 53.7 Å². The molecule has 1 heterocycles. The molecule has 1 rings (SSSR count). The van der Waals surface area contributed by atoms with Gasteiger partial charge in [-0.3, -0.25) is 0 Å². The lowest BCUT2D eigenvalue weighted by atomic mass is 10.1. The summed E-state index contributed by atoms with van der Waals surface area (Å²) in [4.78, 5) is 2.23. The fourth-order valence-electron chi connectivity index (χ4n) is 1.75. The van der Waals surface area contributed by atoms with Gasteiger partial charge >= 0.3 is 0 Å². The Balaban J connectivity index is 2.68. The fourth-order valence-corrected chi connectivity index (χ4v) is 1.75. The Morgan fingerprint density at radius 1 is 1.22 bits per heavy atom. The summed E-state index contributed by atoms with van der Waals surface area (Å²) in [5, 5.41) is 12.0. The highest BCUT2D eigenvalue weighted by molar-refractivity contribution is 5.38. The van der Waals surface area contributed by atoms with Crippen molar-refractivity contribution >= 4 is 5.82 Å². The van der Waals surface area contributed by atoms with Gasteiger partial charge in [-0.1, -0.05) is 0 Å². The highest BCUT2D eigenvalue weighted by Crippen LogP contribution is 2.12. The third kappa shape index (κ3) is 4.61. The van der Waals surface area contributed by atoms with Crippen LogP contribution in [0.15, 0.2) is 12.1 Å². The van der Waals surface area contributed by atoms with Crippen molar-refractivity contribution in [3.8, 4) is 0 Å². The molecule has 0 unspecified atom stereocenters. The van der Waals surface area contributed by atoms with Gasteiger partial charge in [0.1, 0.15) is 0 Å². The molecule has 0 fully saturated rings. The summed E-state index contributed by atoms with van der Waals surface area (Å²) < 4.78 is 0. The smallest absolute Gasteiger partial charge is 0.151 e. The number of aromatic nitrogens is 2. The molecule has 0 aliphatic rings. The second-order valence-electron chi connectivity index (χ2n) is 5.87. The van der Waals surface area contributed by atoms with Gasteiger partial charge in [0.15, 0.2) is 5.82 Å². The van der Waals surface area contributed by atoms with Crippen LogP contribution < -0.4 is 10.2 Å². The van der Waals surface area contributed by atoms with E-state index in [0.29, 0.717) is 6.04 Å². The molecule has 0 radical (unpaired) electrons. The molecule has 4 heteroatoms. The molecule has 0 atom stereocenters. The van der Waals surface area contributed by atoms with E-state index in [1.807, 2.05) is 6.07 Å². The number of hydrogen-bond acceptors (Lipinski definition) is 4. The average Bonchev–Trinajstić information content (AvgIpc) is 2.27. The van der Waals surface area contributed by atoms with Gasteiger partial charge in [0, 0.05) is 24.7 Å². The number of rotatable bonds is 5. The van der Waals surface area contributed by atoms with Crippen LogP contribution in [0.4, 0.5) is 5.82 Å². The Morgan fingerprint density at radius 3 is 2.28 bits per heavy atom. The Bertz CT molecular complexity index is 351. The van der Waals surface area contributed by atoms with Crippen LogP contribution in [0.1, 0.15) is 47.2 Å². The zero-order valence-corrected chi connectivity index (χ0v) is 12.5. The molecular formula is C14H26N4. The average molecular weight is 250 g/mol. The highest BCUT2D eigenvalue weighted by atomic mass is 15.3. The van der Waals surface area contributed by atoms with Crippen LogP contribution in [0, 0.1) is 0 Å². The lowest BCUT2D eigenvalue weighted by Gasteiger charge is -2.25. The van der Waals surface area contributed by atoms with Gasteiger partial charge in [0.05, 0.1) is 5.69 Å². The summed E-state index contributed by atoms with van der Waals surface area (Å²) in [5.74, 6) is 0.951. The molecular weight excluding hydrogens is 224 g/mol. The normalized spacial score (nSPS) is 11.9. The zero-order valence-electron chi connectivity index (χ0n) is 12.5. The quantitative estimate of drug-likeness (QED) is 0.872. The van der Waals surface area contributed by atoms with E-state index >= 15 is 0 Å². The minimum Gasteiger partial charge on any atom is -0.353 e. The second kappa shape index (κ2) is 6.14. The monoisotopic (exact) mass is 250 g/mol. The molecule has 0 amide bonds. The van der Waals surface area contributed by atoms with E-state index in [1.54, 1.807) is 0 Å². The van der Waals surface area contributed by atoms with E-state index in [4.69, 9.17) is 0 Å². The minimum atomic E-state index is 0.105. The lowest BCUT2D eigenvalue weighted by molar-refractivity contribution is 0.420. The van der Waals surface area contributed by atoms with Crippen molar-refractivity contribution in [2.24, 2.45) is 0 Å². The summed E-state index contributed by atoms with van der Waals surface area (Å²) in [6.45, 7) is 14.6. The van der Waals surface area contributed by atoms with E-state index in [9.17, 15) is 0 Å². The Morgan fingerprint density at radius 2 is 1.89 bits per heavy atom. The summed E-state index contributed by atoms with van der Waals surface area (Å²) in [5.41, 5.74) is 1.08. The molecule has 1 aromatic heterocycles. The number of anilines is 1. The molecule has 1 N–H and O–H groups in total. The molecule has 0 aromatic carbocycles. The van der Waals surface area contributed by atoms with Crippen molar-refractivity contribution < 1.29 is 0 Å². The molecule has 0 aliphatic carbocycles. The second-order valence-corrected chi connectivity index (χ2v) is 5.87. The molecule has 0 spiro atoms. The Labute approximate surface area is 111 Å². The SMILES string of the molecule is CCN(c1ccc(CNC(C)(C)C)nn1)C(C)C. The van der Waals surface area contributed by atoms with Crippen LogP contribution in [0.25, 0.3) is 0 Å². The standard InChI is InChI=1S/C14H26N4/c1-7-18(11(2)3)13-9-8-12(16-17-13)10-15-14(4,5)6/h8-9,11,15H,7,10H2,1-6H3. The molecule has 0 saturated heterocycles. The summed E-state index contributed by atoms with van der Waals surface area (Å²) in [6, 6.07) is 4.55. The third-order valence-electron chi connectivity index (χ3n) is 2.76. The third-order valence-corrected chi connectivity index (χ3v) is 2.76. The minimum absolute atomic E-state index is 0.105. The van der Waals surface area contributed by atoms with Crippen LogP contribution in [0.3, 0.4) is 0 Å². The van der Waals surface area contributed by atoms with Gasteiger partial charge < -0.3 is 10.2 Å². The molecule has 102 valence electrons. The first kappa shape index (κ1) is 14.9. The van der Waals surface area contributed by atoms with Crippen LogP contribution >= 0.6 is 0 Å². The van der Waals surface area contributed by atoms with E-state index in [2.05, 4.69) is 68.0 Å². The van der Waals surface area contributed by atoms with Crippen molar-refractivity contribution in [1.29, 1.82) is 0 Å². The Kier molecular flexibility index (Phi) is 5.08. The first-order valence-corrected chi connectivity index (χ1v) is 6.67. The Hall–Kier alpha value is -1.16. The first-order valence-electron chi connectivity index (χ1n) is 6.67. The van der Waals surface area contributed by atoms with Gasteiger partial charge in [0.2, 0.25) is 0 Å². The lowest BCUT2D eigenvalue weighted by Crippen LogP contribution is -2.35. The zero-order chi connectivity index (χ0) is 13.8. The first-order chi connectivity index (χ1) is 8.33. The number of nitrogens with zero attached hydrogens (tertiary/aromatic N) is 3. The van der Waals surface area contributed by atoms with E-state index in [0.717, 1.165) is 24.6 Å². The fraction of sp³-hybridized carbons (Fsp3) is 0.714. The van der Waals surface area contributed by atoms with Gasteiger partial charge in [-0.25, -0.2) is 0 Å². The molecule has 1 aromatic rings. The van der Waals surface area contributed by atoms with Crippen LogP contribution in [0.2, 0.25) is 0 Å². The van der Waals surface area contributed by atoms with Crippen molar-refractivity contribution in [3.05, 3.63) is 17.8 Å². The largest absolute Gasteiger partial charge is 0.353 e. The van der Waals surface area contributed by atoms with Crippen LogP contribution in [-0.2, 0) is 6.54 Å². The predicted molar refractivity (Wildman–Crippen MR) is 76.8 cm³/mol. The summed E-state index contributed by atoms with van der Waals surface area (Å²) >= 11 is 0. The van der Waals surface area contributed by atoms with E-state index in [-0.39, 0.29) is 5.54 Å². The molecule has 4 nitrogen and oxygen atoms in total. The van der Waals surface area contributed by atoms with Crippen LogP contribution in [0.5, 0.6) is 0 Å². The topological polar surface area (TPSA) is 41.0 Å². The van der Waals surface area contributed by atoms with Crippen molar-refractivity contribution in [2.75, 3.05) is 11.4 Å². The van der Waals surface area contributed by atoms with Crippen molar-refractivity contribution in [1.82, 2.24) is 15.5 Å². The summed E-state index contributed by atoms with van der Waals surface area (Å²) in [7, 11) is 0. The predicted octanol–water partition coefficient (Wildman–Crippen LogP) is 2.60. The van der Waals surface area contributed by atoms with E-state index in [1.165, 1.54) is 0 Å². The maximum absolute atomic E-state index is 4.31. The molecule has 0 bridgehead atoms. The molecule has 0 aliphatic heterocycles. The van der Waals surface area contributed by atoms with Crippen molar-refractivity contribution in [2.45, 2.75) is 59.7 Å². The summed E-state index contributed by atoms with van der Waals surface area (Å²) in [6.07, 6.45) is 0. The van der Waals surface area contributed by atoms with Gasteiger partial charge in [-0.15, -0.1) is 5.10 Å². The van der Waals surface area contributed by atoms with E-state index < -0.39 is 0 Å². The number of hydrogen-bond donors (Lipinski definition) is 1. The number of nitrogens with one attached hydrogen (secondary N) is 1. The molecule has 18 heavy (non-hydrogen) atoms. The van der Waals surface area contributed by atoms with Gasteiger partial charge in [0.25, 0.3) is 0 Å². The maximum Gasteiger partial charge on any atom is 0.151 e. The van der Waals surface area contributed by atoms with Gasteiger partial charge in [-0.2, -0.15) is 5.10 Å². The maximum atomic E-state index is 4.31. The highest BCUT2D eigenvalue weighted by Gasteiger charge is 2.11.